The first-order valence-electron chi connectivity index (χ1n) is 8.37. The van der Waals surface area contributed by atoms with Crippen LogP contribution in [-0.2, 0) is 10.0 Å². The largest absolute Gasteiger partial charge is 0.351 e. The molecule has 0 aliphatic carbocycles. The second-order valence-electron chi connectivity index (χ2n) is 5.75. The fourth-order valence-corrected chi connectivity index (χ4v) is 4.04. The molecule has 8 heteroatoms. The summed E-state index contributed by atoms with van der Waals surface area (Å²) >= 11 is 1.64. The Morgan fingerprint density at radius 3 is 2.59 bits per heavy atom. The van der Waals surface area contributed by atoms with Crippen LogP contribution in [0, 0.1) is 18.3 Å². The van der Waals surface area contributed by atoms with E-state index >= 15 is 0 Å². The van der Waals surface area contributed by atoms with Gasteiger partial charge >= 0.3 is 0 Å². The van der Waals surface area contributed by atoms with Gasteiger partial charge in [-0.1, -0.05) is 23.8 Å². The zero-order chi connectivity index (χ0) is 19.7. The average molecular weight is 404 g/mol. The van der Waals surface area contributed by atoms with E-state index in [0.717, 1.165) is 4.90 Å². The summed E-state index contributed by atoms with van der Waals surface area (Å²) in [5.41, 5.74) is 1.48. The fourth-order valence-electron chi connectivity index (χ4n) is 2.20. The van der Waals surface area contributed by atoms with Crippen LogP contribution in [0.25, 0.3) is 0 Å². The summed E-state index contributed by atoms with van der Waals surface area (Å²) in [6, 6.07) is 15.9. The molecule has 1 amide bonds. The van der Waals surface area contributed by atoms with Gasteiger partial charge in [-0.15, -0.1) is 11.8 Å². The van der Waals surface area contributed by atoms with Crippen molar-refractivity contribution in [1.29, 1.82) is 5.26 Å². The maximum Gasteiger partial charge on any atom is 0.251 e. The van der Waals surface area contributed by atoms with Gasteiger partial charge in [-0.25, -0.2) is 13.1 Å². The summed E-state index contributed by atoms with van der Waals surface area (Å²) in [4.78, 5) is 13.4. The normalized spacial score (nSPS) is 11.0. The molecule has 0 saturated heterocycles. The van der Waals surface area contributed by atoms with Crippen molar-refractivity contribution >= 4 is 27.7 Å². The number of hydrogen-bond acceptors (Lipinski definition) is 5. The predicted molar refractivity (Wildman–Crippen MR) is 106 cm³/mol. The highest BCUT2D eigenvalue weighted by atomic mass is 32.2. The average Bonchev–Trinajstić information content (AvgIpc) is 2.66. The standard InChI is InChI=1S/C19H21N3O3S2/c1-15-6-8-17(9-7-15)26-13-12-21-19(23)16-4-2-5-18(14-16)27(24,25)22-11-3-10-20/h2,4-9,14,22H,3,11-13H2,1H3,(H,21,23). The molecule has 2 rings (SSSR count). The number of nitrogens with zero attached hydrogens (tertiary/aromatic N) is 1. The molecule has 2 N–H and O–H groups in total. The Kier molecular flexibility index (Phi) is 7.85. The van der Waals surface area contributed by atoms with Crippen molar-refractivity contribution in [3.8, 4) is 6.07 Å². The van der Waals surface area contributed by atoms with Crippen molar-refractivity contribution in [3.05, 3.63) is 59.7 Å². The minimum atomic E-state index is -3.74. The minimum Gasteiger partial charge on any atom is -0.351 e. The fraction of sp³-hybridized carbons (Fsp3) is 0.263. The molecule has 0 aliphatic heterocycles. The molecule has 0 saturated carbocycles. The summed E-state index contributed by atoms with van der Waals surface area (Å²) in [7, 11) is -3.74. The Bertz CT molecular complexity index is 920. The molecule has 0 atom stereocenters. The third-order valence-corrected chi connectivity index (χ3v) is 6.09. The Balaban J connectivity index is 1.89. The van der Waals surface area contributed by atoms with Crippen molar-refractivity contribution in [2.45, 2.75) is 23.1 Å². The van der Waals surface area contributed by atoms with Crippen molar-refractivity contribution in [3.63, 3.8) is 0 Å². The van der Waals surface area contributed by atoms with Gasteiger partial charge in [-0.2, -0.15) is 5.26 Å². The summed E-state index contributed by atoms with van der Waals surface area (Å²) in [6.45, 7) is 2.53. The number of rotatable bonds is 9. The van der Waals surface area contributed by atoms with E-state index in [9.17, 15) is 13.2 Å². The summed E-state index contributed by atoms with van der Waals surface area (Å²) < 4.78 is 26.7. The van der Waals surface area contributed by atoms with Gasteiger partial charge in [-0.05, 0) is 37.3 Å². The van der Waals surface area contributed by atoms with Crippen LogP contribution in [0.15, 0.2) is 58.3 Å². The van der Waals surface area contributed by atoms with Crippen LogP contribution < -0.4 is 10.0 Å². The summed E-state index contributed by atoms with van der Waals surface area (Å²) in [5, 5.41) is 11.3. The zero-order valence-corrected chi connectivity index (χ0v) is 16.6. The third-order valence-electron chi connectivity index (χ3n) is 3.61. The number of carbonyl (C=O) groups is 1. The first-order chi connectivity index (χ1) is 12.9. The third kappa shape index (κ3) is 6.71. The molecule has 2 aromatic carbocycles. The molecule has 142 valence electrons. The van der Waals surface area contributed by atoms with E-state index in [-0.39, 0.29) is 29.3 Å². The molecule has 0 unspecified atom stereocenters. The highest BCUT2D eigenvalue weighted by Crippen LogP contribution is 2.17. The number of nitriles is 1. The van der Waals surface area contributed by atoms with Crippen LogP contribution in [0.1, 0.15) is 22.3 Å². The van der Waals surface area contributed by atoms with Crippen LogP contribution in [0.5, 0.6) is 0 Å². The van der Waals surface area contributed by atoms with E-state index < -0.39 is 10.0 Å². The van der Waals surface area contributed by atoms with Gasteiger partial charge < -0.3 is 5.32 Å². The molecule has 0 aliphatic rings. The molecule has 2 aromatic rings. The van der Waals surface area contributed by atoms with E-state index in [0.29, 0.717) is 12.3 Å². The summed E-state index contributed by atoms with van der Waals surface area (Å²) in [5.74, 6) is 0.385. The van der Waals surface area contributed by atoms with Gasteiger partial charge in [0, 0.05) is 35.7 Å². The molecule has 0 spiro atoms. The van der Waals surface area contributed by atoms with E-state index in [2.05, 4.69) is 10.0 Å². The van der Waals surface area contributed by atoms with Gasteiger partial charge in [0.25, 0.3) is 5.91 Å². The number of aryl methyl sites for hydroxylation is 1. The predicted octanol–water partition coefficient (Wildman–Crippen LogP) is 2.71. The monoisotopic (exact) mass is 403 g/mol. The van der Waals surface area contributed by atoms with Crippen molar-refractivity contribution in [2.75, 3.05) is 18.8 Å². The molecule has 0 bridgehead atoms. The second-order valence-corrected chi connectivity index (χ2v) is 8.69. The molecular weight excluding hydrogens is 382 g/mol. The van der Waals surface area contributed by atoms with Crippen LogP contribution in [0.2, 0.25) is 0 Å². The number of carbonyl (C=O) groups excluding carboxylic acids is 1. The van der Waals surface area contributed by atoms with Crippen molar-refractivity contribution < 1.29 is 13.2 Å². The van der Waals surface area contributed by atoms with Gasteiger partial charge in [0.1, 0.15) is 0 Å². The van der Waals surface area contributed by atoms with Gasteiger partial charge in [0.15, 0.2) is 0 Å². The van der Waals surface area contributed by atoms with Crippen molar-refractivity contribution in [2.24, 2.45) is 0 Å². The number of hydrogen-bond donors (Lipinski definition) is 2. The van der Waals surface area contributed by atoms with Crippen LogP contribution in [-0.4, -0.2) is 33.2 Å². The minimum absolute atomic E-state index is 0.00196. The molecule has 6 nitrogen and oxygen atoms in total. The number of thioether (sulfide) groups is 1. The smallest absolute Gasteiger partial charge is 0.251 e. The Labute approximate surface area is 164 Å². The lowest BCUT2D eigenvalue weighted by Crippen LogP contribution is -2.27. The number of nitrogens with one attached hydrogen (secondary N) is 2. The van der Waals surface area contributed by atoms with Crippen LogP contribution in [0.4, 0.5) is 0 Å². The van der Waals surface area contributed by atoms with Gasteiger partial charge in [0.05, 0.1) is 11.0 Å². The topological polar surface area (TPSA) is 99.1 Å². The molecular formula is C19H21N3O3S2. The number of benzene rings is 2. The Hall–Kier alpha value is -2.34. The van der Waals surface area contributed by atoms with Gasteiger partial charge in [-0.3, -0.25) is 4.79 Å². The lowest BCUT2D eigenvalue weighted by molar-refractivity contribution is 0.0956. The molecule has 0 radical (unpaired) electrons. The van der Waals surface area contributed by atoms with E-state index in [1.807, 2.05) is 37.3 Å². The lowest BCUT2D eigenvalue weighted by Gasteiger charge is -2.08. The molecule has 0 heterocycles. The second kappa shape index (κ2) is 10.1. The van der Waals surface area contributed by atoms with E-state index in [1.165, 1.54) is 23.8 Å². The number of amides is 1. The van der Waals surface area contributed by atoms with E-state index in [1.54, 1.807) is 17.8 Å². The highest BCUT2D eigenvalue weighted by Gasteiger charge is 2.15. The summed E-state index contributed by atoms with van der Waals surface area (Å²) in [6.07, 6.45) is 0.0814. The number of sulfonamides is 1. The maximum atomic E-state index is 12.3. The maximum absolute atomic E-state index is 12.3. The van der Waals surface area contributed by atoms with E-state index in [4.69, 9.17) is 5.26 Å². The lowest BCUT2D eigenvalue weighted by atomic mass is 10.2. The molecule has 0 aromatic heterocycles. The van der Waals surface area contributed by atoms with Crippen LogP contribution in [0.3, 0.4) is 0 Å². The quantitative estimate of drug-likeness (QED) is 0.495. The Morgan fingerprint density at radius 1 is 1.15 bits per heavy atom. The first-order valence-corrected chi connectivity index (χ1v) is 10.8. The van der Waals surface area contributed by atoms with Gasteiger partial charge in [0.2, 0.25) is 10.0 Å². The first kappa shape index (κ1) is 21.0. The highest BCUT2D eigenvalue weighted by molar-refractivity contribution is 7.99. The van der Waals surface area contributed by atoms with Crippen molar-refractivity contribution in [1.82, 2.24) is 10.0 Å². The molecule has 0 fully saturated rings. The Morgan fingerprint density at radius 2 is 1.89 bits per heavy atom. The SMILES string of the molecule is Cc1ccc(SCCNC(=O)c2cccc(S(=O)(=O)NCCC#N)c2)cc1. The molecule has 27 heavy (non-hydrogen) atoms. The zero-order valence-electron chi connectivity index (χ0n) is 14.9. The van der Waals surface area contributed by atoms with Crippen LogP contribution >= 0.6 is 11.8 Å².